The Kier molecular flexibility index (Phi) is 2.49. The Morgan fingerprint density at radius 1 is 1.67 bits per heavy atom. The first-order chi connectivity index (χ1) is 4.38. The van der Waals surface area contributed by atoms with Gasteiger partial charge in [0, 0.05) is 13.7 Å². The minimum atomic E-state index is 0.468. The van der Waals surface area contributed by atoms with Gasteiger partial charge in [-0.25, -0.2) is 0 Å². The van der Waals surface area contributed by atoms with E-state index < -0.39 is 0 Å². The highest BCUT2D eigenvalue weighted by molar-refractivity contribution is 4.82. The van der Waals surface area contributed by atoms with Crippen LogP contribution in [0.3, 0.4) is 0 Å². The van der Waals surface area contributed by atoms with E-state index in [4.69, 9.17) is 4.74 Å². The standard InChI is InChI=1S/C7H15NO/c1-8-5-7(9-2)6-3-4-6/h6-8H,3-5H2,1-2H3. The summed E-state index contributed by atoms with van der Waals surface area (Å²) in [4.78, 5) is 0. The second-order valence-corrected chi connectivity index (χ2v) is 2.67. The summed E-state index contributed by atoms with van der Waals surface area (Å²) in [5.41, 5.74) is 0. The van der Waals surface area contributed by atoms with E-state index in [0.717, 1.165) is 12.5 Å². The zero-order chi connectivity index (χ0) is 6.69. The molecule has 1 aliphatic rings. The van der Waals surface area contributed by atoms with Crippen molar-refractivity contribution in [2.45, 2.75) is 18.9 Å². The average molecular weight is 129 g/mol. The van der Waals surface area contributed by atoms with Gasteiger partial charge < -0.3 is 10.1 Å². The van der Waals surface area contributed by atoms with Crippen molar-refractivity contribution in [1.82, 2.24) is 5.32 Å². The zero-order valence-electron chi connectivity index (χ0n) is 6.18. The monoisotopic (exact) mass is 129 g/mol. The first-order valence-corrected chi connectivity index (χ1v) is 3.56. The molecular weight excluding hydrogens is 114 g/mol. The van der Waals surface area contributed by atoms with Gasteiger partial charge in [-0.05, 0) is 25.8 Å². The van der Waals surface area contributed by atoms with Crippen molar-refractivity contribution in [2.24, 2.45) is 5.92 Å². The molecule has 9 heavy (non-hydrogen) atoms. The molecule has 54 valence electrons. The summed E-state index contributed by atoms with van der Waals surface area (Å²) in [5.74, 6) is 0.849. The Morgan fingerprint density at radius 2 is 2.33 bits per heavy atom. The molecule has 1 unspecified atom stereocenters. The number of hydrogen-bond donors (Lipinski definition) is 1. The summed E-state index contributed by atoms with van der Waals surface area (Å²) in [6.07, 6.45) is 3.19. The molecule has 0 radical (unpaired) electrons. The minimum absolute atomic E-state index is 0.468. The lowest BCUT2D eigenvalue weighted by atomic mass is 10.2. The molecule has 2 heteroatoms. The summed E-state index contributed by atoms with van der Waals surface area (Å²) in [7, 11) is 3.76. The number of rotatable bonds is 4. The number of likely N-dealkylation sites (N-methyl/N-ethyl adjacent to an activating group) is 1. The van der Waals surface area contributed by atoms with Gasteiger partial charge >= 0.3 is 0 Å². The topological polar surface area (TPSA) is 21.3 Å². The van der Waals surface area contributed by atoms with E-state index in [-0.39, 0.29) is 0 Å². The molecule has 0 aromatic rings. The summed E-state index contributed by atoms with van der Waals surface area (Å²) in [6.45, 7) is 1.00. The molecule has 1 saturated carbocycles. The third-order valence-corrected chi connectivity index (χ3v) is 1.86. The van der Waals surface area contributed by atoms with E-state index in [9.17, 15) is 0 Å². The molecular formula is C7H15NO. The van der Waals surface area contributed by atoms with Gasteiger partial charge in [0.05, 0.1) is 6.10 Å². The van der Waals surface area contributed by atoms with Crippen LogP contribution in [0.2, 0.25) is 0 Å². The molecule has 1 fully saturated rings. The van der Waals surface area contributed by atoms with Crippen LogP contribution >= 0.6 is 0 Å². The number of methoxy groups -OCH3 is 1. The number of hydrogen-bond acceptors (Lipinski definition) is 2. The van der Waals surface area contributed by atoms with Crippen LogP contribution in [0.1, 0.15) is 12.8 Å². The third-order valence-electron chi connectivity index (χ3n) is 1.86. The predicted molar refractivity (Wildman–Crippen MR) is 37.4 cm³/mol. The van der Waals surface area contributed by atoms with Gasteiger partial charge in [-0.1, -0.05) is 0 Å². The van der Waals surface area contributed by atoms with Crippen molar-refractivity contribution >= 4 is 0 Å². The van der Waals surface area contributed by atoms with Crippen LogP contribution in [0.15, 0.2) is 0 Å². The lowest BCUT2D eigenvalue weighted by Gasteiger charge is -2.12. The molecule has 1 N–H and O–H groups in total. The van der Waals surface area contributed by atoms with Crippen molar-refractivity contribution in [3.63, 3.8) is 0 Å². The van der Waals surface area contributed by atoms with E-state index in [1.54, 1.807) is 7.11 Å². The van der Waals surface area contributed by atoms with E-state index in [1.807, 2.05) is 7.05 Å². The van der Waals surface area contributed by atoms with Crippen molar-refractivity contribution < 1.29 is 4.74 Å². The Labute approximate surface area is 56.6 Å². The van der Waals surface area contributed by atoms with Gasteiger partial charge in [-0.2, -0.15) is 0 Å². The smallest absolute Gasteiger partial charge is 0.0723 e. The third kappa shape index (κ3) is 1.95. The molecule has 0 aromatic heterocycles. The maximum Gasteiger partial charge on any atom is 0.0723 e. The minimum Gasteiger partial charge on any atom is -0.380 e. The van der Waals surface area contributed by atoms with Crippen molar-refractivity contribution in [1.29, 1.82) is 0 Å². The van der Waals surface area contributed by atoms with Gasteiger partial charge in [0.15, 0.2) is 0 Å². The fraction of sp³-hybridized carbons (Fsp3) is 1.00. The summed E-state index contributed by atoms with van der Waals surface area (Å²) >= 11 is 0. The first kappa shape index (κ1) is 7.03. The maximum atomic E-state index is 5.25. The van der Waals surface area contributed by atoms with E-state index in [2.05, 4.69) is 5.32 Å². The highest BCUT2D eigenvalue weighted by atomic mass is 16.5. The predicted octanol–water partition coefficient (Wildman–Crippen LogP) is 0.631. The lowest BCUT2D eigenvalue weighted by molar-refractivity contribution is 0.0856. The van der Waals surface area contributed by atoms with E-state index in [1.165, 1.54) is 12.8 Å². The number of ether oxygens (including phenoxy) is 1. The lowest BCUT2D eigenvalue weighted by Crippen LogP contribution is -2.27. The fourth-order valence-corrected chi connectivity index (χ4v) is 1.11. The molecule has 1 aliphatic carbocycles. The van der Waals surface area contributed by atoms with Gasteiger partial charge in [-0.3, -0.25) is 0 Å². The molecule has 0 aliphatic heterocycles. The molecule has 0 saturated heterocycles. The molecule has 0 bridgehead atoms. The Bertz CT molecular complexity index is 81.0. The second-order valence-electron chi connectivity index (χ2n) is 2.67. The van der Waals surface area contributed by atoms with Gasteiger partial charge in [0.25, 0.3) is 0 Å². The van der Waals surface area contributed by atoms with Gasteiger partial charge in [0.1, 0.15) is 0 Å². The van der Waals surface area contributed by atoms with Crippen LogP contribution in [-0.4, -0.2) is 26.8 Å². The largest absolute Gasteiger partial charge is 0.380 e. The Morgan fingerprint density at radius 3 is 2.67 bits per heavy atom. The normalized spacial score (nSPS) is 22.0. The molecule has 0 heterocycles. The van der Waals surface area contributed by atoms with Crippen LogP contribution < -0.4 is 5.32 Å². The van der Waals surface area contributed by atoms with Crippen LogP contribution in [0.5, 0.6) is 0 Å². The second kappa shape index (κ2) is 3.18. The molecule has 1 rings (SSSR count). The van der Waals surface area contributed by atoms with Gasteiger partial charge in [0.2, 0.25) is 0 Å². The van der Waals surface area contributed by atoms with Gasteiger partial charge in [-0.15, -0.1) is 0 Å². The molecule has 0 aromatic carbocycles. The van der Waals surface area contributed by atoms with Crippen LogP contribution in [0.4, 0.5) is 0 Å². The Balaban J connectivity index is 2.12. The molecule has 2 nitrogen and oxygen atoms in total. The molecule has 1 atom stereocenters. The van der Waals surface area contributed by atoms with Crippen molar-refractivity contribution in [2.75, 3.05) is 20.7 Å². The van der Waals surface area contributed by atoms with Crippen LogP contribution in [0, 0.1) is 5.92 Å². The van der Waals surface area contributed by atoms with E-state index in [0.29, 0.717) is 6.10 Å². The highest BCUT2D eigenvalue weighted by Crippen LogP contribution is 2.33. The van der Waals surface area contributed by atoms with E-state index >= 15 is 0 Å². The number of nitrogens with one attached hydrogen (secondary N) is 1. The SMILES string of the molecule is CNCC(OC)C1CC1. The maximum absolute atomic E-state index is 5.25. The van der Waals surface area contributed by atoms with Crippen molar-refractivity contribution in [3.8, 4) is 0 Å². The zero-order valence-corrected chi connectivity index (χ0v) is 6.18. The van der Waals surface area contributed by atoms with Crippen molar-refractivity contribution in [3.05, 3.63) is 0 Å². The molecule has 0 amide bonds. The Hall–Kier alpha value is -0.0800. The highest BCUT2D eigenvalue weighted by Gasteiger charge is 2.30. The fourth-order valence-electron chi connectivity index (χ4n) is 1.11. The van der Waals surface area contributed by atoms with Crippen LogP contribution in [-0.2, 0) is 4.74 Å². The average Bonchev–Trinajstić information content (AvgIpc) is 2.64. The molecule has 0 spiro atoms. The van der Waals surface area contributed by atoms with Crippen LogP contribution in [0.25, 0.3) is 0 Å². The first-order valence-electron chi connectivity index (χ1n) is 3.56. The summed E-state index contributed by atoms with van der Waals surface area (Å²) < 4.78 is 5.25. The summed E-state index contributed by atoms with van der Waals surface area (Å²) in [6, 6.07) is 0. The quantitative estimate of drug-likeness (QED) is 0.601. The summed E-state index contributed by atoms with van der Waals surface area (Å²) in [5, 5.41) is 3.12.